The van der Waals surface area contributed by atoms with Crippen LogP contribution in [0.25, 0.3) is 0 Å². The zero-order chi connectivity index (χ0) is 13.8. The van der Waals surface area contributed by atoms with E-state index in [1.807, 2.05) is 0 Å². The molecular formula is C16H31N2O+. The number of amides is 1. The van der Waals surface area contributed by atoms with E-state index in [-0.39, 0.29) is 0 Å². The van der Waals surface area contributed by atoms with E-state index in [0.717, 1.165) is 31.8 Å². The van der Waals surface area contributed by atoms with Crippen molar-refractivity contribution in [2.24, 2.45) is 17.8 Å². The highest BCUT2D eigenvalue weighted by molar-refractivity contribution is 5.79. The van der Waals surface area contributed by atoms with Gasteiger partial charge in [0.25, 0.3) is 0 Å². The minimum Gasteiger partial charge on any atom is -0.342 e. The smallest absolute Gasteiger partial charge is 0.226 e. The third kappa shape index (κ3) is 4.20. The Balaban J connectivity index is 1.78. The molecule has 0 aromatic heterocycles. The Morgan fingerprint density at radius 2 is 1.95 bits per heavy atom. The van der Waals surface area contributed by atoms with E-state index >= 15 is 0 Å². The third-order valence-corrected chi connectivity index (χ3v) is 4.71. The van der Waals surface area contributed by atoms with E-state index in [1.165, 1.54) is 32.5 Å². The molecule has 2 heterocycles. The number of quaternary nitrogens is 1. The molecule has 0 spiro atoms. The Morgan fingerprint density at radius 3 is 2.53 bits per heavy atom. The maximum absolute atomic E-state index is 12.5. The van der Waals surface area contributed by atoms with E-state index in [9.17, 15) is 4.79 Å². The summed E-state index contributed by atoms with van der Waals surface area (Å²) >= 11 is 0. The Kier molecular flexibility index (Phi) is 5.26. The molecule has 0 bridgehead atoms. The van der Waals surface area contributed by atoms with Gasteiger partial charge in [0.2, 0.25) is 5.91 Å². The summed E-state index contributed by atoms with van der Waals surface area (Å²) in [5.74, 6) is 2.24. The molecule has 1 N–H and O–H groups in total. The van der Waals surface area contributed by atoms with Crippen LogP contribution in [0, 0.1) is 17.8 Å². The van der Waals surface area contributed by atoms with Crippen molar-refractivity contribution in [3.05, 3.63) is 0 Å². The van der Waals surface area contributed by atoms with E-state index in [1.54, 1.807) is 4.90 Å². The van der Waals surface area contributed by atoms with E-state index < -0.39 is 0 Å². The van der Waals surface area contributed by atoms with Crippen LogP contribution in [0.5, 0.6) is 0 Å². The van der Waals surface area contributed by atoms with Crippen LogP contribution in [0.2, 0.25) is 0 Å². The number of carbonyl (C=O) groups excluding carboxylic acids is 1. The Hall–Kier alpha value is -0.570. The van der Waals surface area contributed by atoms with Gasteiger partial charge in [0.15, 0.2) is 0 Å². The first kappa shape index (κ1) is 14.8. The van der Waals surface area contributed by atoms with Gasteiger partial charge in [-0.25, -0.2) is 0 Å². The summed E-state index contributed by atoms with van der Waals surface area (Å²) in [6.07, 6.45) is 4.70. The van der Waals surface area contributed by atoms with Crippen LogP contribution < -0.4 is 4.90 Å². The van der Waals surface area contributed by atoms with Crippen LogP contribution in [0.1, 0.15) is 46.5 Å². The molecule has 0 unspecified atom stereocenters. The average Bonchev–Trinajstić information content (AvgIpc) is 2.38. The Bertz CT molecular complexity index is 295. The van der Waals surface area contributed by atoms with E-state index in [4.69, 9.17) is 0 Å². The summed E-state index contributed by atoms with van der Waals surface area (Å²) in [6.45, 7) is 12.5. The molecule has 0 aliphatic carbocycles. The summed E-state index contributed by atoms with van der Waals surface area (Å²) in [5, 5.41) is 0. The zero-order valence-corrected chi connectivity index (χ0v) is 13.0. The number of nitrogens with zero attached hydrogens (tertiary/aromatic N) is 1. The van der Waals surface area contributed by atoms with Crippen LogP contribution in [0.4, 0.5) is 0 Å². The number of carbonyl (C=O) groups is 1. The molecule has 1 atom stereocenters. The molecule has 2 aliphatic rings. The van der Waals surface area contributed by atoms with Crippen LogP contribution in [0.3, 0.4) is 0 Å². The van der Waals surface area contributed by atoms with Gasteiger partial charge in [-0.1, -0.05) is 20.8 Å². The summed E-state index contributed by atoms with van der Waals surface area (Å²) in [4.78, 5) is 16.4. The van der Waals surface area contributed by atoms with Crippen molar-refractivity contribution in [1.29, 1.82) is 0 Å². The Morgan fingerprint density at radius 1 is 1.26 bits per heavy atom. The molecule has 2 rings (SSSR count). The predicted molar refractivity (Wildman–Crippen MR) is 78.1 cm³/mol. The molecule has 0 aromatic carbocycles. The number of likely N-dealkylation sites (tertiary alicyclic amines) is 2. The fourth-order valence-corrected chi connectivity index (χ4v) is 3.70. The normalized spacial score (nSPS) is 32.6. The highest BCUT2D eigenvalue weighted by Gasteiger charge is 2.32. The van der Waals surface area contributed by atoms with Crippen LogP contribution in [-0.4, -0.2) is 43.5 Å². The molecule has 19 heavy (non-hydrogen) atoms. The quantitative estimate of drug-likeness (QED) is 0.816. The van der Waals surface area contributed by atoms with Gasteiger partial charge in [-0.3, -0.25) is 4.79 Å². The molecular weight excluding hydrogens is 236 g/mol. The monoisotopic (exact) mass is 267 g/mol. The fraction of sp³-hybridized carbons (Fsp3) is 0.938. The van der Waals surface area contributed by atoms with Gasteiger partial charge in [0.05, 0.1) is 19.6 Å². The molecule has 0 aromatic rings. The fourth-order valence-electron chi connectivity index (χ4n) is 3.70. The number of hydrogen-bond donors (Lipinski definition) is 1. The minimum atomic E-state index is 0.321. The maximum Gasteiger partial charge on any atom is 0.226 e. The summed E-state index contributed by atoms with van der Waals surface area (Å²) < 4.78 is 0. The lowest BCUT2D eigenvalue weighted by atomic mass is 9.92. The van der Waals surface area contributed by atoms with Crippen molar-refractivity contribution in [2.45, 2.75) is 46.5 Å². The SMILES string of the molecule is CC(C)C[NH+]1CCC(C(=O)N2CCC[C@H](C)C2)CC1. The van der Waals surface area contributed by atoms with Gasteiger partial charge in [-0.15, -0.1) is 0 Å². The number of piperidine rings is 2. The second-order valence-corrected chi connectivity index (χ2v) is 7.15. The lowest BCUT2D eigenvalue weighted by molar-refractivity contribution is -0.908. The molecule has 3 nitrogen and oxygen atoms in total. The highest BCUT2D eigenvalue weighted by atomic mass is 16.2. The van der Waals surface area contributed by atoms with E-state index in [0.29, 0.717) is 17.7 Å². The second kappa shape index (κ2) is 6.74. The predicted octanol–water partition coefficient (Wildman–Crippen LogP) is 1.20. The average molecular weight is 267 g/mol. The molecule has 2 saturated heterocycles. The zero-order valence-electron chi connectivity index (χ0n) is 13.0. The van der Waals surface area contributed by atoms with Crippen LogP contribution in [0.15, 0.2) is 0 Å². The lowest BCUT2D eigenvalue weighted by Crippen LogP contribution is -3.13. The molecule has 0 radical (unpaired) electrons. The first-order valence-electron chi connectivity index (χ1n) is 8.18. The van der Waals surface area contributed by atoms with Crippen molar-refractivity contribution in [2.75, 3.05) is 32.7 Å². The number of rotatable bonds is 3. The van der Waals surface area contributed by atoms with Crippen LogP contribution >= 0.6 is 0 Å². The summed E-state index contributed by atoms with van der Waals surface area (Å²) in [5.41, 5.74) is 0. The number of hydrogen-bond acceptors (Lipinski definition) is 1. The van der Waals surface area contributed by atoms with Gasteiger partial charge in [-0.2, -0.15) is 0 Å². The van der Waals surface area contributed by atoms with Crippen molar-refractivity contribution < 1.29 is 9.69 Å². The standard InChI is InChI=1S/C16H30N2O/c1-13(2)11-17-9-6-15(7-10-17)16(19)18-8-4-5-14(3)12-18/h13-15H,4-12H2,1-3H3/p+1/t14-/m0/s1. The molecule has 0 saturated carbocycles. The van der Waals surface area contributed by atoms with Gasteiger partial charge < -0.3 is 9.80 Å². The van der Waals surface area contributed by atoms with Crippen LogP contribution in [-0.2, 0) is 4.79 Å². The second-order valence-electron chi connectivity index (χ2n) is 7.15. The van der Waals surface area contributed by atoms with Gasteiger partial charge >= 0.3 is 0 Å². The molecule has 3 heteroatoms. The first-order chi connectivity index (χ1) is 9.06. The lowest BCUT2D eigenvalue weighted by Gasteiger charge is -2.36. The van der Waals surface area contributed by atoms with Crippen molar-refractivity contribution in [1.82, 2.24) is 4.90 Å². The topological polar surface area (TPSA) is 24.8 Å². The maximum atomic E-state index is 12.5. The molecule has 2 fully saturated rings. The van der Waals surface area contributed by atoms with Crippen molar-refractivity contribution >= 4 is 5.91 Å². The molecule has 1 amide bonds. The highest BCUT2D eigenvalue weighted by Crippen LogP contribution is 2.20. The summed E-state index contributed by atoms with van der Waals surface area (Å²) in [7, 11) is 0. The van der Waals surface area contributed by atoms with E-state index in [2.05, 4.69) is 25.7 Å². The van der Waals surface area contributed by atoms with Gasteiger partial charge in [-0.05, 0) is 18.8 Å². The molecule has 2 aliphatic heterocycles. The first-order valence-corrected chi connectivity index (χ1v) is 8.18. The van der Waals surface area contributed by atoms with Gasteiger partial charge in [0, 0.05) is 37.8 Å². The summed E-state index contributed by atoms with van der Waals surface area (Å²) in [6, 6.07) is 0. The molecule has 110 valence electrons. The largest absolute Gasteiger partial charge is 0.342 e. The Labute approximate surface area is 118 Å². The van der Waals surface area contributed by atoms with Crippen molar-refractivity contribution in [3.8, 4) is 0 Å². The minimum absolute atomic E-state index is 0.321. The van der Waals surface area contributed by atoms with Gasteiger partial charge in [0.1, 0.15) is 0 Å². The third-order valence-electron chi connectivity index (χ3n) is 4.71. The number of nitrogens with one attached hydrogen (secondary N) is 1. The van der Waals surface area contributed by atoms with Crippen molar-refractivity contribution in [3.63, 3.8) is 0 Å².